The van der Waals surface area contributed by atoms with Crippen molar-refractivity contribution in [2.24, 2.45) is 0 Å². The standard InChI is InChI=1S/C10H25NO3Si/c1-5-9-10-11-15(12-6-2,13-7-3)14-8-4/h11H,5-10H2,1-4H3. The lowest BCUT2D eigenvalue weighted by Gasteiger charge is -2.28. The van der Waals surface area contributed by atoms with E-state index in [4.69, 9.17) is 13.3 Å². The van der Waals surface area contributed by atoms with Crippen LogP contribution in [-0.4, -0.2) is 35.3 Å². The summed E-state index contributed by atoms with van der Waals surface area (Å²) in [6, 6.07) is 0. The van der Waals surface area contributed by atoms with E-state index in [1.165, 1.54) is 0 Å². The molecule has 0 aromatic heterocycles. The van der Waals surface area contributed by atoms with Crippen LogP contribution < -0.4 is 4.98 Å². The van der Waals surface area contributed by atoms with Crippen LogP contribution in [0.3, 0.4) is 0 Å². The normalized spacial score (nSPS) is 12.0. The van der Waals surface area contributed by atoms with Crippen molar-refractivity contribution in [1.82, 2.24) is 4.98 Å². The molecule has 0 spiro atoms. The van der Waals surface area contributed by atoms with E-state index in [0.29, 0.717) is 19.8 Å². The summed E-state index contributed by atoms with van der Waals surface area (Å²) in [6.07, 6.45) is 2.27. The highest BCUT2D eigenvalue weighted by Gasteiger charge is 2.40. The maximum absolute atomic E-state index is 5.64. The molecule has 0 unspecified atom stereocenters. The van der Waals surface area contributed by atoms with Gasteiger partial charge < -0.3 is 13.3 Å². The molecule has 0 aromatic rings. The Morgan fingerprint density at radius 1 is 0.867 bits per heavy atom. The Kier molecular flexibility index (Phi) is 9.33. The van der Waals surface area contributed by atoms with Crippen LogP contribution in [0.1, 0.15) is 40.5 Å². The molecular formula is C10H25NO3Si. The number of unbranched alkanes of at least 4 members (excludes halogenated alkanes) is 1. The van der Waals surface area contributed by atoms with Crippen LogP contribution in [-0.2, 0) is 13.3 Å². The molecule has 1 N–H and O–H groups in total. The van der Waals surface area contributed by atoms with Crippen LogP contribution in [0.15, 0.2) is 0 Å². The summed E-state index contributed by atoms with van der Waals surface area (Å²) in [5, 5.41) is 0. The summed E-state index contributed by atoms with van der Waals surface area (Å²) in [4.78, 5) is 3.31. The second-order valence-electron chi connectivity index (χ2n) is 3.14. The molecule has 92 valence electrons. The van der Waals surface area contributed by atoms with Gasteiger partial charge in [-0.1, -0.05) is 13.3 Å². The van der Waals surface area contributed by atoms with Crippen LogP contribution in [0.5, 0.6) is 0 Å². The zero-order valence-electron chi connectivity index (χ0n) is 10.5. The fraction of sp³-hybridized carbons (Fsp3) is 1.00. The number of hydrogen-bond acceptors (Lipinski definition) is 4. The number of hydrogen-bond donors (Lipinski definition) is 1. The van der Waals surface area contributed by atoms with Gasteiger partial charge in [-0.15, -0.1) is 0 Å². The van der Waals surface area contributed by atoms with E-state index >= 15 is 0 Å². The van der Waals surface area contributed by atoms with E-state index < -0.39 is 8.97 Å². The van der Waals surface area contributed by atoms with Gasteiger partial charge in [0, 0.05) is 19.8 Å². The molecule has 5 heteroatoms. The molecule has 0 aliphatic carbocycles. The van der Waals surface area contributed by atoms with E-state index in [0.717, 1.165) is 19.4 Å². The SMILES string of the molecule is CCCCN[Si](OCC)(OCC)OCC. The van der Waals surface area contributed by atoms with Crippen molar-refractivity contribution in [2.45, 2.75) is 40.5 Å². The molecule has 0 bridgehead atoms. The first kappa shape index (κ1) is 15.1. The zero-order valence-corrected chi connectivity index (χ0v) is 11.5. The monoisotopic (exact) mass is 235 g/mol. The van der Waals surface area contributed by atoms with Gasteiger partial charge in [0.15, 0.2) is 0 Å². The summed E-state index contributed by atoms with van der Waals surface area (Å²) in [6.45, 7) is 10.8. The van der Waals surface area contributed by atoms with Gasteiger partial charge in [0.1, 0.15) is 0 Å². The molecule has 15 heavy (non-hydrogen) atoms. The first-order chi connectivity index (χ1) is 7.24. The van der Waals surface area contributed by atoms with E-state index in [2.05, 4.69) is 11.9 Å². The van der Waals surface area contributed by atoms with E-state index in [-0.39, 0.29) is 0 Å². The minimum Gasteiger partial charge on any atom is -0.361 e. The van der Waals surface area contributed by atoms with Crippen molar-refractivity contribution in [3.05, 3.63) is 0 Å². The molecule has 0 aliphatic heterocycles. The van der Waals surface area contributed by atoms with E-state index in [9.17, 15) is 0 Å². The molecule has 0 amide bonds. The first-order valence-corrected chi connectivity index (χ1v) is 7.64. The van der Waals surface area contributed by atoms with Crippen LogP contribution in [0, 0.1) is 0 Å². The summed E-state index contributed by atoms with van der Waals surface area (Å²) in [5.41, 5.74) is 0. The third kappa shape index (κ3) is 6.27. The Hall–Kier alpha value is 0.0569. The lowest BCUT2D eigenvalue weighted by molar-refractivity contribution is 0.0599. The Bertz CT molecular complexity index is 130. The average molecular weight is 235 g/mol. The molecule has 0 rings (SSSR count). The summed E-state index contributed by atoms with van der Waals surface area (Å²) in [5.74, 6) is 0. The Labute approximate surface area is 94.7 Å². The fourth-order valence-electron chi connectivity index (χ4n) is 1.27. The third-order valence-corrected chi connectivity index (χ3v) is 4.56. The predicted molar refractivity (Wildman–Crippen MR) is 63.5 cm³/mol. The lowest BCUT2D eigenvalue weighted by atomic mass is 10.3. The largest absolute Gasteiger partial charge is 0.596 e. The minimum atomic E-state index is -2.58. The van der Waals surface area contributed by atoms with E-state index in [1.54, 1.807) is 0 Å². The van der Waals surface area contributed by atoms with Crippen molar-refractivity contribution >= 4 is 8.97 Å². The number of nitrogens with one attached hydrogen (secondary N) is 1. The maximum atomic E-state index is 5.64. The van der Waals surface area contributed by atoms with Gasteiger partial charge in [-0.3, -0.25) is 4.98 Å². The van der Waals surface area contributed by atoms with Crippen LogP contribution >= 0.6 is 0 Å². The molecule has 4 nitrogen and oxygen atoms in total. The van der Waals surface area contributed by atoms with Gasteiger partial charge in [-0.25, -0.2) is 0 Å². The second-order valence-corrected chi connectivity index (χ2v) is 5.47. The predicted octanol–water partition coefficient (Wildman–Crippen LogP) is 1.92. The van der Waals surface area contributed by atoms with Gasteiger partial charge >= 0.3 is 8.97 Å². The van der Waals surface area contributed by atoms with Crippen LogP contribution in [0.25, 0.3) is 0 Å². The Morgan fingerprint density at radius 3 is 1.67 bits per heavy atom. The molecule has 0 fully saturated rings. The average Bonchev–Trinajstić information content (AvgIpc) is 2.19. The molecule has 0 saturated carbocycles. The Morgan fingerprint density at radius 2 is 1.33 bits per heavy atom. The minimum absolute atomic E-state index is 0.616. The van der Waals surface area contributed by atoms with Crippen molar-refractivity contribution in [3.63, 3.8) is 0 Å². The zero-order chi connectivity index (χ0) is 11.6. The molecule has 0 heterocycles. The quantitative estimate of drug-likeness (QED) is 0.464. The van der Waals surface area contributed by atoms with Crippen molar-refractivity contribution in [2.75, 3.05) is 26.4 Å². The first-order valence-electron chi connectivity index (χ1n) is 5.91. The third-order valence-electron chi connectivity index (χ3n) is 1.87. The van der Waals surface area contributed by atoms with Gasteiger partial charge in [-0.2, -0.15) is 0 Å². The van der Waals surface area contributed by atoms with Crippen molar-refractivity contribution < 1.29 is 13.3 Å². The maximum Gasteiger partial charge on any atom is 0.596 e. The highest BCUT2D eigenvalue weighted by Crippen LogP contribution is 2.06. The molecular weight excluding hydrogens is 210 g/mol. The van der Waals surface area contributed by atoms with E-state index in [1.807, 2.05) is 20.8 Å². The molecule has 0 saturated heterocycles. The molecule has 0 aromatic carbocycles. The highest BCUT2D eigenvalue weighted by atomic mass is 28.4. The smallest absolute Gasteiger partial charge is 0.361 e. The van der Waals surface area contributed by atoms with Gasteiger partial charge in [-0.05, 0) is 33.7 Å². The topological polar surface area (TPSA) is 39.7 Å². The fourth-order valence-corrected chi connectivity index (χ4v) is 3.45. The summed E-state index contributed by atoms with van der Waals surface area (Å²) < 4.78 is 16.9. The second kappa shape index (κ2) is 9.29. The molecule has 0 atom stereocenters. The van der Waals surface area contributed by atoms with Crippen molar-refractivity contribution in [3.8, 4) is 0 Å². The van der Waals surface area contributed by atoms with Gasteiger partial charge in [0.2, 0.25) is 0 Å². The molecule has 0 aliphatic rings. The van der Waals surface area contributed by atoms with Crippen molar-refractivity contribution in [1.29, 1.82) is 0 Å². The Balaban J connectivity index is 4.18. The van der Waals surface area contributed by atoms with Gasteiger partial charge in [0.05, 0.1) is 0 Å². The highest BCUT2D eigenvalue weighted by molar-refractivity contribution is 6.57. The van der Waals surface area contributed by atoms with Crippen LogP contribution in [0.4, 0.5) is 0 Å². The van der Waals surface area contributed by atoms with Crippen LogP contribution in [0.2, 0.25) is 0 Å². The molecule has 0 radical (unpaired) electrons. The summed E-state index contributed by atoms with van der Waals surface area (Å²) >= 11 is 0. The lowest BCUT2D eigenvalue weighted by Crippen LogP contribution is -2.59. The summed E-state index contributed by atoms with van der Waals surface area (Å²) in [7, 11) is -2.58. The van der Waals surface area contributed by atoms with Gasteiger partial charge in [0.25, 0.3) is 0 Å². The number of rotatable bonds is 10.